The minimum absolute atomic E-state index is 0.0762. The van der Waals surface area contributed by atoms with E-state index in [9.17, 15) is 5.11 Å². The summed E-state index contributed by atoms with van der Waals surface area (Å²) < 4.78 is 11.4. The van der Waals surface area contributed by atoms with Gasteiger partial charge in [-0.2, -0.15) is 0 Å². The van der Waals surface area contributed by atoms with Crippen LogP contribution in [0.4, 0.5) is 0 Å². The monoisotopic (exact) mass is 329 g/mol. The zero-order valence-corrected chi connectivity index (χ0v) is 12.9. The van der Waals surface area contributed by atoms with E-state index in [0.29, 0.717) is 11.5 Å². The molecule has 1 fully saturated rings. The summed E-state index contributed by atoms with van der Waals surface area (Å²) in [5.41, 5.74) is 0.780. The van der Waals surface area contributed by atoms with Crippen molar-refractivity contribution < 1.29 is 14.6 Å². The van der Waals surface area contributed by atoms with Crippen LogP contribution < -0.4 is 14.8 Å². The van der Waals surface area contributed by atoms with Gasteiger partial charge in [-0.1, -0.05) is 22.4 Å². The third kappa shape index (κ3) is 3.22. The van der Waals surface area contributed by atoms with Gasteiger partial charge in [0.05, 0.1) is 20.3 Å². The van der Waals surface area contributed by atoms with Crippen molar-refractivity contribution in [3.05, 3.63) is 22.2 Å². The number of piperidine rings is 1. The third-order valence-corrected chi connectivity index (χ3v) is 4.20. The minimum atomic E-state index is -0.587. The molecule has 0 radical (unpaired) electrons. The van der Waals surface area contributed by atoms with Gasteiger partial charge in [-0.05, 0) is 25.5 Å². The Balaban J connectivity index is 2.31. The number of halogens is 1. The number of hydrogen-bond acceptors (Lipinski definition) is 4. The van der Waals surface area contributed by atoms with Gasteiger partial charge in [-0.15, -0.1) is 0 Å². The predicted molar refractivity (Wildman–Crippen MR) is 77.8 cm³/mol. The number of ether oxygens (including phenoxy) is 2. The lowest BCUT2D eigenvalue weighted by Crippen LogP contribution is -2.39. The van der Waals surface area contributed by atoms with E-state index in [-0.39, 0.29) is 6.04 Å². The van der Waals surface area contributed by atoms with Crippen LogP contribution in [0.1, 0.15) is 30.9 Å². The Hall–Kier alpha value is -0.780. The number of nitrogens with one attached hydrogen (secondary N) is 1. The van der Waals surface area contributed by atoms with Crippen LogP contribution in [0.3, 0.4) is 0 Å². The van der Waals surface area contributed by atoms with Gasteiger partial charge >= 0.3 is 0 Å². The molecular weight excluding hydrogens is 310 g/mol. The van der Waals surface area contributed by atoms with Gasteiger partial charge in [-0.25, -0.2) is 0 Å². The molecule has 1 aliphatic heterocycles. The molecular formula is C14H20BrNO3. The van der Waals surface area contributed by atoms with E-state index in [4.69, 9.17) is 9.47 Å². The molecule has 5 heteroatoms. The van der Waals surface area contributed by atoms with Crippen LogP contribution in [0.2, 0.25) is 0 Å². The van der Waals surface area contributed by atoms with E-state index in [0.717, 1.165) is 29.4 Å². The predicted octanol–water partition coefficient (Wildman–Crippen LogP) is 2.64. The van der Waals surface area contributed by atoms with E-state index in [1.807, 2.05) is 6.07 Å². The first-order valence-electron chi connectivity index (χ1n) is 6.50. The summed E-state index contributed by atoms with van der Waals surface area (Å²) in [5.74, 6) is 1.35. The molecule has 2 unspecified atom stereocenters. The molecule has 19 heavy (non-hydrogen) atoms. The Morgan fingerprint density at radius 3 is 2.68 bits per heavy atom. The molecule has 0 aromatic heterocycles. The zero-order valence-electron chi connectivity index (χ0n) is 11.3. The molecule has 2 atom stereocenters. The Labute approximate surface area is 122 Å². The topological polar surface area (TPSA) is 50.7 Å². The molecule has 0 saturated carbocycles. The van der Waals surface area contributed by atoms with Crippen molar-refractivity contribution >= 4 is 15.9 Å². The van der Waals surface area contributed by atoms with Gasteiger partial charge in [0.1, 0.15) is 11.5 Å². The van der Waals surface area contributed by atoms with E-state index in [1.54, 1.807) is 20.3 Å². The van der Waals surface area contributed by atoms with Crippen LogP contribution >= 0.6 is 15.9 Å². The number of aliphatic hydroxyl groups is 1. The minimum Gasteiger partial charge on any atom is -0.497 e. The lowest BCUT2D eigenvalue weighted by Gasteiger charge is -2.29. The van der Waals surface area contributed by atoms with Crippen LogP contribution in [-0.4, -0.2) is 31.9 Å². The Morgan fingerprint density at radius 2 is 2.11 bits per heavy atom. The number of benzene rings is 1. The zero-order chi connectivity index (χ0) is 13.8. The first-order chi connectivity index (χ1) is 9.17. The van der Waals surface area contributed by atoms with Crippen LogP contribution in [-0.2, 0) is 0 Å². The van der Waals surface area contributed by atoms with Crippen molar-refractivity contribution in [3.8, 4) is 11.5 Å². The van der Waals surface area contributed by atoms with Crippen molar-refractivity contribution in [2.75, 3.05) is 20.8 Å². The highest BCUT2D eigenvalue weighted by Gasteiger charge is 2.27. The van der Waals surface area contributed by atoms with E-state index in [1.165, 1.54) is 6.42 Å². The quantitative estimate of drug-likeness (QED) is 0.891. The maximum atomic E-state index is 10.6. The van der Waals surface area contributed by atoms with E-state index >= 15 is 0 Å². The average Bonchev–Trinajstić information content (AvgIpc) is 2.46. The van der Waals surface area contributed by atoms with Crippen LogP contribution in [0, 0.1) is 0 Å². The SMILES string of the molecule is COc1cc(Br)c(C(O)C2CCCCN2)c(OC)c1. The van der Waals surface area contributed by atoms with Crippen molar-refractivity contribution in [1.29, 1.82) is 0 Å². The maximum Gasteiger partial charge on any atom is 0.129 e. The van der Waals surface area contributed by atoms with Crippen molar-refractivity contribution in [2.45, 2.75) is 31.4 Å². The number of hydrogen-bond donors (Lipinski definition) is 2. The molecule has 4 nitrogen and oxygen atoms in total. The maximum absolute atomic E-state index is 10.6. The molecule has 2 N–H and O–H groups in total. The molecule has 0 amide bonds. The van der Waals surface area contributed by atoms with Gasteiger partial charge in [0.15, 0.2) is 0 Å². The van der Waals surface area contributed by atoms with E-state index < -0.39 is 6.10 Å². The summed E-state index contributed by atoms with van der Waals surface area (Å²) in [5, 5.41) is 14.0. The highest BCUT2D eigenvalue weighted by molar-refractivity contribution is 9.10. The second kappa shape index (κ2) is 6.59. The molecule has 1 aromatic rings. The number of methoxy groups -OCH3 is 2. The molecule has 0 spiro atoms. The highest BCUT2D eigenvalue weighted by Crippen LogP contribution is 2.38. The summed E-state index contributed by atoms with van der Waals surface area (Å²) in [7, 11) is 3.21. The smallest absolute Gasteiger partial charge is 0.129 e. The van der Waals surface area contributed by atoms with Gasteiger partial charge in [0.2, 0.25) is 0 Å². The van der Waals surface area contributed by atoms with Gasteiger partial charge < -0.3 is 19.9 Å². The molecule has 2 rings (SSSR count). The second-order valence-corrected chi connectivity index (χ2v) is 5.58. The van der Waals surface area contributed by atoms with Crippen molar-refractivity contribution in [1.82, 2.24) is 5.32 Å². The summed E-state index contributed by atoms with van der Waals surface area (Å²) in [6, 6.07) is 3.73. The second-order valence-electron chi connectivity index (χ2n) is 4.73. The Bertz CT molecular complexity index is 433. The first-order valence-corrected chi connectivity index (χ1v) is 7.29. The molecule has 1 aliphatic rings. The third-order valence-electron chi connectivity index (χ3n) is 3.55. The normalized spacial score (nSPS) is 20.9. The molecule has 1 heterocycles. The fraction of sp³-hybridized carbons (Fsp3) is 0.571. The molecule has 0 bridgehead atoms. The molecule has 1 aromatic carbocycles. The molecule has 1 saturated heterocycles. The van der Waals surface area contributed by atoms with Gasteiger partial charge in [0.25, 0.3) is 0 Å². The van der Waals surface area contributed by atoms with Gasteiger partial charge in [-0.3, -0.25) is 0 Å². The van der Waals surface area contributed by atoms with Crippen molar-refractivity contribution in [2.24, 2.45) is 0 Å². The Morgan fingerprint density at radius 1 is 1.32 bits per heavy atom. The largest absolute Gasteiger partial charge is 0.497 e. The number of rotatable bonds is 4. The first kappa shape index (κ1) is 14.6. The summed E-state index contributed by atoms with van der Waals surface area (Å²) in [6.45, 7) is 0.956. The van der Waals surface area contributed by atoms with E-state index in [2.05, 4.69) is 21.2 Å². The van der Waals surface area contributed by atoms with Crippen LogP contribution in [0.15, 0.2) is 16.6 Å². The molecule has 106 valence electrons. The van der Waals surface area contributed by atoms with Gasteiger partial charge in [0, 0.05) is 22.1 Å². The van der Waals surface area contributed by atoms with Crippen LogP contribution in [0.25, 0.3) is 0 Å². The summed E-state index contributed by atoms with van der Waals surface area (Å²) in [6.07, 6.45) is 2.70. The standard InChI is InChI=1S/C14H20BrNO3/c1-18-9-7-10(15)13(12(8-9)19-2)14(17)11-5-3-4-6-16-11/h7-8,11,14,16-17H,3-6H2,1-2H3. The molecule has 0 aliphatic carbocycles. The number of aliphatic hydroxyl groups excluding tert-OH is 1. The fourth-order valence-electron chi connectivity index (χ4n) is 2.49. The van der Waals surface area contributed by atoms with Crippen molar-refractivity contribution in [3.63, 3.8) is 0 Å². The summed E-state index contributed by atoms with van der Waals surface area (Å²) >= 11 is 3.50. The Kier molecular flexibility index (Phi) is 5.07. The summed E-state index contributed by atoms with van der Waals surface area (Å²) in [4.78, 5) is 0. The lowest BCUT2D eigenvalue weighted by molar-refractivity contribution is 0.110. The fourth-order valence-corrected chi connectivity index (χ4v) is 3.15. The lowest BCUT2D eigenvalue weighted by atomic mass is 9.94. The van der Waals surface area contributed by atoms with Crippen LogP contribution in [0.5, 0.6) is 11.5 Å². The highest BCUT2D eigenvalue weighted by atomic mass is 79.9. The average molecular weight is 330 g/mol.